The predicted octanol–water partition coefficient (Wildman–Crippen LogP) is 2.88. The molecule has 0 bridgehead atoms. The van der Waals surface area contributed by atoms with Crippen molar-refractivity contribution in [2.45, 2.75) is 6.42 Å². The van der Waals surface area contributed by atoms with Crippen LogP contribution in [0.15, 0.2) is 24.4 Å². The standard InChI is InChI=1S/C18H16ClFN6O2/c1-28-16-11(3-2-8(20)13(16)19)25-15-12-9(4-6-22-17(12)27)24-14(15)10-5-7-23-18(21)26-10/h2-3,5,7,24-25H,4,6H2,1H3,(H,22,27)(H2,21,23,26). The molecule has 0 atom stereocenters. The van der Waals surface area contributed by atoms with Crippen LogP contribution < -0.4 is 21.1 Å². The fourth-order valence-electron chi connectivity index (χ4n) is 3.17. The summed E-state index contributed by atoms with van der Waals surface area (Å²) in [5.41, 5.74) is 8.84. The highest BCUT2D eigenvalue weighted by Gasteiger charge is 2.28. The number of nitrogens with zero attached hydrogens (tertiary/aromatic N) is 2. The normalized spacial score (nSPS) is 13.0. The van der Waals surface area contributed by atoms with Gasteiger partial charge in [-0.2, -0.15) is 0 Å². The minimum Gasteiger partial charge on any atom is -0.493 e. The topological polar surface area (TPSA) is 118 Å². The van der Waals surface area contributed by atoms with Crippen molar-refractivity contribution < 1.29 is 13.9 Å². The molecule has 10 heteroatoms. The second-order valence-corrected chi connectivity index (χ2v) is 6.48. The van der Waals surface area contributed by atoms with Crippen molar-refractivity contribution in [3.63, 3.8) is 0 Å². The number of carbonyl (C=O) groups excluding carboxylic acids is 1. The lowest BCUT2D eigenvalue weighted by molar-refractivity contribution is 0.0947. The third-order valence-corrected chi connectivity index (χ3v) is 4.76. The lowest BCUT2D eigenvalue weighted by Crippen LogP contribution is -2.31. The summed E-state index contributed by atoms with van der Waals surface area (Å²) in [4.78, 5) is 23.9. The Morgan fingerprint density at radius 2 is 2.18 bits per heavy atom. The van der Waals surface area contributed by atoms with Crippen LogP contribution in [-0.4, -0.2) is 34.5 Å². The number of halogens is 2. The van der Waals surface area contributed by atoms with Crippen LogP contribution in [0.25, 0.3) is 11.4 Å². The molecular formula is C18H16ClFN6O2. The SMILES string of the molecule is COc1c(Nc2c(-c3ccnc(N)n3)[nH]c3c2C(=O)NCC3)ccc(F)c1Cl. The first-order valence-electron chi connectivity index (χ1n) is 8.40. The van der Waals surface area contributed by atoms with Gasteiger partial charge in [0, 0.05) is 24.9 Å². The van der Waals surface area contributed by atoms with Crippen LogP contribution in [0.3, 0.4) is 0 Å². The number of nitrogen functional groups attached to an aromatic ring is 1. The van der Waals surface area contributed by atoms with Crippen LogP contribution in [0.1, 0.15) is 16.1 Å². The lowest BCUT2D eigenvalue weighted by Gasteiger charge is -2.17. The molecular weight excluding hydrogens is 387 g/mol. The number of fused-ring (bicyclic) bond motifs is 1. The summed E-state index contributed by atoms with van der Waals surface area (Å²) in [6, 6.07) is 4.37. The minimum atomic E-state index is -0.610. The predicted molar refractivity (Wildman–Crippen MR) is 104 cm³/mol. The zero-order valence-electron chi connectivity index (χ0n) is 14.8. The van der Waals surface area contributed by atoms with Gasteiger partial charge in [-0.25, -0.2) is 14.4 Å². The van der Waals surface area contributed by atoms with Crippen LogP contribution in [0.4, 0.5) is 21.7 Å². The minimum absolute atomic E-state index is 0.0999. The molecule has 2 aromatic heterocycles. The van der Waals surface area contributed by atoms with Crippen LogP contribution in [-0.2, 0) is 6.42 Å². The number of anilines is 3. The number of hydrogen-bond acceptors (Lipinski definition) is 6. The first-order chi connectivity index (χ1) is 13.5. The summed E-state index contributed by atoms with van der Waals surface area (Å²) in [5, 5.41) is 5.80. The van der Waals surface area contributed by atoms with Crippen molar-refractivity contribution in [3.05, 3.63) is 46.5 Å². The highest BCUT2D eigenvalue weighted by molar-refractivity contribution is 6.32. The summed E-state index contributed by atoms with van der Waals surface area (Å²) in [5.74, 6) is -0.619. The second-order valence-electron chi connectivity index (χ2n) is 6.10. The summed E-state index contributed by atoms with van der Waals surface area (Å²) in [6.45, 7) is 0.517. The van der Waals surface area contributed by atoms with Crippen molar-refractivity contribution in [2.24, 2.45) is 0 Å². The fraction of sp³-hybridized carbons (Fsp3) is 0.167. The number of nitrogens with one attached hydrogen (secondary N) is 3. The molecule has 0 radical (unpaired) electrons. The number of carbonyl (C=O) groups is 1. The Balaban J connectivity index is 1.90. The molecule has 0 saturated heterocycles. The maximum Gasteiger partial charge on any atom is 0.255 e. The molecule has 28 heavy (non-hydrogen) atoms. The van der Waals surface area contributed by atoms with Crippen LogP contribution in [0, 0.1) is 5.82 Å². The van der Waals surface area contributed by atoms with E-state index in [4.69, 9.17) is 22.1 Å². The van der Waals surface area contributed by atoms with Gasteiger partial charge < -0.3 is 26.1 Å². The van der Waals surface area contributed by atoms with Gasteiger partial charge in [0.2, 0.25) is 5.95 Å². The van der Waals surface area contributed by atoms with E-state index in [1.54, 1.807) is 6.07 Å². The van der Waals surface area contributed by atoms with Gasteiger partial charge >= 0.3 is 0 Å². The van der Waals surface area contributed by atoms with Crippen LogP contribution in [0.2, 0.25) is 5.02 Å². The maximum absolute atomic E-state index is 13.8. The first-order valence-corrected chi connectivity index (χ1v) is 8.78. The summed E-state index contributed by atoms with van der Waals surface area (Å²) in [6.07, 6.45) is 2.15. The van der Waals surface area contributed by atoms with Crippen molar-refractivity contribution in [2.75, 3.05) is 24.7 Å². The van der Waals surface area contributed by atoms with Gasteiger partial charge in [0.1, 0.15) is 10.8 Å². The molecule has 1 aliphatic heterocycles. The van der Waals surface area contributed by atoms with E-state index < -0.39 is 5.82 Å². The quantitative estimate of drug-likeness (QED) is 0.533. The fourth-order valence-corrected chi connectivity index (χ4v) is 3.42. The molecule has 3 aromatic rings. The second kappa shape index (κ2) is 7.01. The Hall–Kier alpha value is -3.33. The Morgan fingerprint density at radius 1 is 1.36 bits per heavy atom. The zero-order chi connectivity index (χ0) is 19.8. The molecule has 3 heterocycles. The van der Waals surface area contributed by atoms with E-state index in [1.807, 2.05) is 0 Å². The molecule has 1 aromatic carbocycles. The molecule has 0 saturated carbocycles. The molecule has 0 aliphatic carbocycles. The first kappa shape index (κ1) is 18.1. The van der Waals surface area contributed by atoms with Crippen LogP contribution >= 0.6 is 11.6 Å². The highest BCUT2D eigenvalue weighted by atomic mass is 35.5. The zero-order valence-corrected chi connectivity index (χ0v) is 15.5. The number of amides is 1. The van der Waals surface area contributed by atoms with E-state index in [0.29, 0.717) is 41.3 Å². The highest BCUT2D eigenvalue weighted by Crippen LogP contribution is 2.41. The number of hydrogen-bond donors (Lipinski definition) is 4. The van der Waals surface area contributed by atoms with Crippen molar-refractivity contribution in [1.82, 2.24) is 20.3 Å². The van der Waals surface area contributed by atoms with Crippen molar-refractivity contribution in [1.29, 1.82) is 0 Å². The maximum atomic E-state index is 13.8. The molecule has 0 spiro atoms. The van der Waals surface area contributed by atoms with E-state index >= 15 is 0 Å². The monoisotopic (exact) mass is 402 g/mol. The van der Waals surface area contributed by atoms with Crippen molar-refractivity contribution >= 4 is 34.8 Å². The average molecular weight is 403 g/mol. The van der Waals surface area contributed by atoms with Gasteiger partial charge in [0.25, 0.3) is 5.91 Å². The van der Waals surface area contributed by atoms with Gasteiger partial charge in [-0.3, -0.25) is 4.79 Å². The summed E-state index contributed by atoms with van der Waals surface area (Å²) < 4.78 is 19.1. The number of ether oxygens (including phenoxy) is 1. The third kappa shape index (κ3) is 2.99. The molecule has 0 unspecified atom stereocenters. The Morgan fingerprint density at radius 3 is 2.93 bits per heavy atom. The largest absolute Gasteiger partial charge is 0.493 e. The van der Waals surface area contributed by atoms with Gasteiger partial charge in [0.15, 0.2) is 5.75 Å². The molecule has 5 N–H and O–H groups in total. The van der Waals surface area contributed by atoms with Crippen molar-refractivity contribution in [3.8, 4) is 17.1 Å². The van der Waals surface area contributed by atoms with E-state index in [2.05, 4.69) is 25.6 Å². The molecule has 144 valence electrons. The number of nitrogens with two attached hydrogens (primary N) is 1. The number of aromatic amines is 1. The van der Waals surface area contributed by atoms with Gasteiger partial charge in [-0.15, -0.1) is 0 Å². The molecule has 1 aliphatic rings. The van der Waals surface area contributed by atoms with E-state index in [9.17, 15) is 9.18 Å². The van der Waals surface area contributed by atoms with E-state index in [1.165, 1.54) is 25.4 Å². The van der Waals surface area contributed by atoms with Gasteiger partial charge in [-0.05, 0) is 18.2 Å². The average Bonchev–Trinajstić information content (AvgIpc) is 3.05. The number of rotatable bonds is 4. The number of H-pyrrole nitrogens is 1. The third-order valence-electron chi connectivity index (χ3n) is 4.41. The molecule has 0 fully saturated rings. The Kier molecular flexibility index (Phi) is 4.52. The smallest absolute Gasteiger partial charge is 0.255 e. The Bertz CT molecular complexity index is 1080. The van der Waals surface area contributed by atoms with E-state index in [0.717, 1.165) is 5.69 Å². The number of methoxy groups -OCH3 is 1. The van der Waals surface area contributed by atoms with Crippen LogP contribution in [0.5, 0.6) is 5.75 Å². The van der Waals surface area contributed by atoms with Gasteiger partial charge in [-0.1, -0.05) is 11.6 Å². The lowest BCUT2D eigenvalue weighted by atomic mass is 10.1. The molecule has 8 nitrogen and oxygen atoms in total. The number of aromatic nitrogens is 3. The summed E-state index contributed by atoms with van der Waals surface area (Å²) in [7, 11) is 1.39. The molecule has 4 rings (SSSR count). The Labute approximate surface area is 164 Å². The number of benzene rings is 1. The van der Waals surface area contributed by atoms with E-state index in [-0.39, 0.29) is 22.6 Å². The van der Waals surface area contributed by atoms with Gasteiger partial charge in [0.05, 0.1) is 35.4 Å². The molecule has 1 amide bonds. The summed E-state index contributed by atoms with van der Waals surface area (Å²) >= 11 is 6.02.